The molecule has 0 unspecified atom stereocenters. The van der Waals surface area contributed by atoms with Gasteiger partial charge < -0.3 is 15.0 Å². The van der Waals surface area contributed by atoms with E-state index < -0.39 is 0 Å². The molecule has 0 heterocycles. The van der Waals surface area contributed by atoms with Crippen LogP contribution in [0.4, 0.5) is 5.69 Å². The van der Waals surface area contributed by atoms with E-state index in [-0.39, 0.29) is 5.54 Å². The fourth-order valence-corrected chi connectivity index (χ4v) is 2.13. The molecule has 0 saturated carbocycles. The summed E-state index contributed by atoms with van der Waals surface area (Å²) in [5.41, 5.74) is 2.55. The first-order chi connectivity index (χ1) is 9.42. The molecular weight excluding hydrogens is 272 g/mol. The van der Waals surface area contributed by atoms with Gasteiger partial charge in [-0.05, 0) is 38.0 Å². The van der Waals surface area contributed by atoms with Gasteiger partial charge in [0.15, 0.2) is 0 Å². The highest BCUT2D eigenvalue weighted by Crippen LogP contribution is 2.30. The van der Waals surface area contributed by atoms with E-state index in [0.29, 0.717) is 0 Å². The minimum Gasteiger partial charge on any atom is -0.383 e. The van der Waals surface area contributed by atoms with Gasteiger partial charge in [-0.1, -0.05) is 24.6 Å². The molecule has 0 saturated heterocycles. The van der Waals surface area contributed by atoms with Crippen molar-refractivity contribution >= 4 is 17.3 Å². The summed E-state index contributed by atoms with van der Waals surface area (Å²) < 4.78 is 5.05. The Balaban J connectivity index is 2.90. The summed E-state index contributed by atoms with van der Waals surface area (Å²) in [4.78, 5) is 2.31. The van der Waals surface area contributed by atoms with Crippen LogP contribution in [0.2, 0.25) is 5.02 Å². The number of ether oxygens (including phenoxy) is 1. The van der Waals surface area contributed by atoms with Crippen molar-refractivity contribution in [2.24, 2.45) is 0 Å². The Hall–Kier alpha value is -0.770. The van der Waals surface area contributed by atoms with Crippen molar-refractivity contribution < 1.29 is 4.74 Å². The molecular formula is C16H27ClN2O. The van der Waals surface area contributed by atoms with E-state index >= 15 is 0 Å². The molecule has 114 valence electrons. The summed E-state index contributed by atoms with van der Waals surface area (Å²) in [5, 5.41) is 4.17. The van der Waals surface area contributed by atoms with E-state index in [2.05, 4.69) is 44.1 Å². The molecule has 0 amide bonds. The van der Waals surface area contributed by atoms with Gasteiger partial charge >= 0.3 is 0 Å². The Bertz CT molecular complexity index is 421. The highest BCUT2D eigenvalue weighted by Gasteiger charge is 2.23. The van der Waals surface area contributed by atoms with E-state index in [4.69, 9.17) is 16.3 Å². The number of hydrogen-bond donors (Lipinski definition) is 1. The third-order valence-corrected chi connectivity index (χ3v) is 4.22. The molecule has 0 fully saturated rings. The first-order valence-electron chi connectivity index (χ1n) is 7.14. The van der Waals surface area contributed by atoms with Gasteiger partial charge in [0.2, 0.25) is 0 Å². The maximum Gasteiger partial charge on any atom is 0.0587 e. The third kappa shape index (κ3) is 4.65. The van der Waals surface area contributed by atoms with Crippen LogP contribution in [0.1, 0.15) is 32.8 Å². The molecule has 0 aliphatic heterocycles. The SMILES string of the molecule is CCC(C)(C)N(C)c1cc(Cl)ccc1CNCCOC. The van der Waals surface area contributed by atoms with Crippen LogP contribution >= 0.6 is 11.6 Å². The quantitative estimate of drug-likeness (QED) is 0.741. The van der Waals surface area contributed by atoms with Gasteiger partial charge in [0.1, 0.15) is 0 Å². The Morgan fingerprint density at radius 2 is 2.05 bits per heavy atom. The van der Waals surface area contributed by atoms with Crippen molar-refractivity contribution in [2.45, 2.75) is 39.3 Å². The average Bonchev–Trinajstić information content (AvgIpc) is 2.44. The van der Waals surface area contributed by atoms with E-state index in [0.717, 1.165) is 31.1 Å². The topological polar surface area (TPSA) is 24.5 Å². The molecule has 0 bridgehead atoms. The molecule has 1 aromatic carbocycles. The number of hydrogen-bond acceptors (Lipinski definition) is 3. The Labute approximate surface area is 128 Å². The van der Waals surface area contributed by atoms with Crippen LogP contribution in [0.25, 0.3) is 0 Å². The number of benzene rings is 1. The Morgan fingerprint density at radius 1 is 1.35 bits per heavy atom. The number of nitrogens with zero attached hydrogens (tertiary/aromatic N) is 1. The van der Waals surface area contributed by atoms with Crippen molar-refractivity contribution in [3.8, 4) is 0 Å². The van der Waals surface area contributed by atoms with Crippen molar-refractivity contribution in [1.82, 2.24) is 5.32 Å². The van der Waals surface area contributed by atoms with Crippen LogP contribution in [-0.2, 0) is 11.3 Å². The minimum absolute atomic E-state index is 0.103. The lowest BCUT2D eigenvalue weighted by Gasteiger charge is -2.38. The predicted octanol–water partition coefficient (Wildman–Crippen LogP) is 3.70. The zero-order chi connectivity index (χ0) is 15.2. The molecule has 0 aliphatic carbocycles. The van der Waals surface area contributed by atoms with Crippen molar-refractivity contribution in [3.63, 3.8) is 0 Å². The van der Waals surface area contributed by atoms with Gasteiger partial charge in [-0.2, -0.15) is 0 Å². The fraction of sp³-hybridized carbons (Fsp3) is 0.625. The summed E-state index contributed by atoms with van der Waals surface area (Å²) in [7, 11) is 3.85. The average molecular weight is 299 g/mol. The number of halogens is 1. The maximum absolute atomic E-state index is 6.17. The molecule has 0 aliphatic rings. The Kier molecular flexibility index (Phi) is 6.80. The van der Waals surface area contributed by atoms with Crippen LogP contribution in [0.3, 0.4) is 0 Å². The molecule has 0 spiro atoms. The first-order valence-corrected chi connectivity index (χ1v) is 7.52. The highest BCUT2D eigenvalue weighted by atomic mass is 35.5. The van der Waals surface area contributed by atoms with Crippen LogP contribution in [0.15, 0.2) is 18.2 Å². The first kappa shape index (κ1) is 17.3. The molecule has 1 N–H and O–H groups in total. The molecule has 3 nitrogen and oxygen atoms in total. The van der Waals surface area contributed by atoms with Crippen LogP contribution in [0.5, 0.6) is 0 Å². The lowest BCUT2D eigenvalue weighted by Crippen LogP contribution is -2.41. The largest absolute Gasteiger partial charge is 0.383 e. The van der Waals surface area contributed by atoms with Gasteiger partial charge in [0.05, 0.1) is 6.61 Å². The molecule has 0 atom stereocenters. The van der Waals surface area contributed by atoms with Gasteiger partial charge in [-0.3, -0.25) is 0 Å². The van der Waals surface area contributed by atoms with Crippen LogP contribution < -0.4 is 10.2 Å². The Morgan fingerprint density at radius 3 is 2.65 bits per heavy atom. The predicted molar refractivity (Wildman–Crippen MR) is 87.8 cm³/mol. The van der Waals surface area contributed by atoms with Crippen molar-refractivity contribution in [2.75, 3.05) is 32.2 Å². The number of rotatable bonds is 8. The summed E-state index contributed by atoms with van der Waals surface area (Å²) in [6, 6.07) is 6.09. The fourth-order valence-electron chi connectivity index (χ4n) is 1.96. The number of anilines is 1. The van der Waals surface area contributed by atoms with Crippen molar-refractivity contribution in [1.29, 1.82) is 0 Å². The maximum atomic E-state index is 6.17. The second-order valence-electron chi connectivity index (χ2n) is 5.67. The molecule has 1 aromatic rings. The van der Waals surface area contributed by atoms with Gasteiger partial charge in [-0.15, -0.1) is 0 Å². The van der Waals surface area contributed by atoms with Gasteiger partial charge in [0, 0.05) is 43.5 Å². The molecule has 0 radical (unpaired) electrons. The summed E-state index contributed by atoms with van der Waals surface area (Å²) in [6.45, 7) is 9.09. The van der Waals surface area contributed by atoms with Gasteiger partial charge in [0.25, 0.3) is 0 Å². The minimum atomic E-state index is 0.103. The second kappa shape index (κ2) is 7.87. The molecule has 4 heteroatoms. The second-order valence-corrected chi connectivity index (χ2v) is 6.10. The highest BCUT2D eigenvalue weighted by molar-refractivity contribution is 6.30. The molecule has 1 rings (SSSR count). The zero-order valence-electron chi connectivity index (χ0n) is 13.3. The molecule has 0 aromatic heterocycles. The zero-order valence-corrected chi connectivity index (χ0v) is 14.0. The van der Waals surface area contributed by atoms with Crippen LogP contribution in [-0.4, -0.2) is 32.8 Å². The van der Waals surface area contributed by atoms with E-state index in [1.54, 1.807) is 7.11 Å². The normalized spacial score (nSPS) is 11.7. The summed E-state index contributed by atoms with van der Waals surface area (Å²) >= 11 is 6.17. The third-order valence-electron chi connectivity index (χ3n) is 3.98. The van der Waals surface area contributed by atoms with E-state index in [9.17, 15) is 0 Å². The number of methoxy groups -OCH3 is 1. The van der Waals surface area contributed by atoms with E-state index in [1.807, 2.05) is 12.1 Å². The molecule has 20 heavy (non-hydrogen) atoms. The lowest BCUT2D eigenvalue weighted by atomic mass is 9.98. The van der Waals surface area contributed by atoms with Crippen LogP contribution in [0, 0.1) is 0 Å². The summed E-state index contributed by atoms with van der Waals surface area (Å²) in [5.74, 6) is 0. The lowest BCUT2D eigenvalue weighted by molar-refractivity contribution is 0.199. The standard InChI is InChI=1S/C16H27ClN2O/c1-6-16(2,3)19(4)15-11-14(17)8-7-13(15)12-18-9-10-20-5/h7-8,11,18H,6,9-10,12H2,1-5H3. The van der Waals surface area contributed by atoms with Crippen molar-refractivity contribution in [3.05, 3.63) is 28.8 Å². The monoisotopic (exact) mass is 298 g/mol. The number of nitrogens with one attached hydrogen (secondary N) is 1. The smallest absolute Gasteiger partial charge is 0.0587 e. The van der Waals surface area contributed by atoms with E-state index in [1.165, 1.54) is 11.3 Å². The summed E-state index contributed by atoms with van der Waals surface area (Å²) in [6.07, 6.45) is 1.08. The van der Waals surface area contributed by atoms with Gasteiger partial charge in [-0.25, -0.2) is 0 Å².